The summed E-state index contributed by atoms with van der Waals surface area (Å²) in [5, 5.41) is 16.7. The number of nitrogens with zero attached hydrogens (tertiary/aromatic N) is 1. The van der Waals surface area contributed by atoms with Crippen molar-refractivity contribution in [3.05, 3.63) is 65.2 Å². The summed E-state index contributed by atoms with van der Waals surface area (Å²) < 4.78 is 5.18. The van der Waals surface area contributed by atoms with E-state index in [0.717, 1.165) is 16.7 Å². The van der Waals surface area contributed by atoms with Gasteiger partial charge in [-0.1, -0.05) is 54.5 Å². The summed E-state index contributed by atoms with van der Waals surface area (Å²) in [5.74, 6) is 1.71. The molecule has 0 saturated carbocycles. The van der Waals surface area contributed by atoms with Gasteiger partial charge in [0.05, 0.1) is 18.5 Å². The second-order valence-corrected chi connectivity index (χ2v) is 11.4. The van der Waals surface area contributed by atoms with Gasteiger partial charge >= 0.3 is 0 Å². The predicted molar refractivity (Wildman–Crippen MR) is 149 cm³/mol. The average Bonchev–Trinajstić information content (AvgIpc) is 3.21. The minimum atomic E-state index is -1.59. The predicted octanol–water partition coefficient (Wildman–Crippen LogP) is 2.20. The van der Waals surface area contributed by atoms with Crippen LogP contribution in [0.3, 0.4) is 0 Å². The second-order valence-electron chi connectivity index (χ2n) is 9.83. The Morgan fingerprint density at radius 3 is 2.45 bits per heavy atom. The summed E-state index contributed by atoms with van der Waals surface area (Å²) in [6.45, 7) is 7.28. The number of carbonyl (C=O) groups is 3. The lowest BCUT2D eigenvalue weighted by atomic mass is 9.97. The number of ether oxygens (including phenoxy) is 1. The number of para-hydroxylation sites is 1. The third-order valence-electron chi connectivity index (χ3n) is 6.48. The van der Waals surface area contributed by atoms with Gasteiger partial charge in [0, 0.05) is 4.75 Å². The van der Waals surface area contributed by atoms with Crippen LogP contribution in [0.15, 0.2) is 48.5 Å². The number of aliphatic hydroxyl groups is 1. The SMILES string of the molecule is C#CCNC(=O)[C@@H]1N(C(=O)[C@@H](O)[C@H](Cc2ccccc2)NC(=O)COc2c(C)cccc2C)CSC1(C)C. The van der Waals surface area contributed by atoms with Crippen molar-refractivity contribution in [1.82, 2.24) is 15.5 Å². The Bertz CT molecular complexity index is 1170. The first-order valence-electron chi connectivity index (χ1n) is 12.4. The van der Waals surface area contributed by atoms with Crippen LogP contribution < -0.4 is 15.4 Å². The Kier molecular flexibility index (Phi) is 9.84. The fourth-order valence-electron chi connectivity index (χ4n) is 4.51. The quantitative estimate of drug-likeness (QED) is 0.401. The molecule has 1 heterocycles. The highest BCUT2D eigenvalue weighted by Crippen LogP contribution is 2.39. The van der Waals surface area contributed by atoms with E-state index in [1.165, 1.54) is 16.7 Å². The standard InChI is InChI=1S/C29H35N3O5S/c1-6-15-30-27(35)26-29(4,5)38-18-32(26)28(36)24(34)22(16-21-13-8-7-9-14-21)31-23(33)17-37-25-19(2)11-10-12-20(25)3/h1,7-14,22,24,26,34H,15-18H2,2-5H3,(H,30,35)(H,31,33)/t22-,24-,26-/m0/s1. The van der Waals surface area contributed by atoms with Gasteiger partial charge in [-0.15, -0.1) is 18.2 Å². The number of nitrogens with one attached hydrogen (secondary N) is 2. The number of rotatable bonds is 10. The normalized spacial score (nSPS) is 17.7. The molecule has 3 atom stereocenters. The van der Waals surface area contributed by atoms with Crippen molar-refractivity contribution in [2.75, 3.05) is 19.0 Å². The minimum absolute atomic E-state index is 0.0354. The molecule has 2 aromatic rings. The van der Waals surface area contributed by atoms with E-state index in [1.54, 1.807) is 0 Å². The van der Waals surface area contributed by atoms with E-state index in [9.17, 15) is 19.5 Å². The molecular weight excluding hydrogens is 502 g/mol. The van der Waals surface area contributed by atoms with Crippen molar-refractivity contribution in [3.63, 3.8) is 0 Å². The fourth-order valence-corrected chi connectivity index (χ4v) is 5.65. The number of terminal acetylenes is 1. The maximum absolute atomic E-state index is 13.6. The van der Waals surface area contributed by atoms with E-state index in [4.69, 9.17) is 11.2 Å². The molecule has 1 aliphatic rings. The molecule has 202 valence electrons. The molecule has 3 amide bonds. The lowest BCUT2D eigenvalue weighted by Crippen LogP contribution is -2.59. The first-order chi connectivity index (χ1) is 18.0. The maximum Gasteiger partial charge on any atom is 0.258 e. The summed E-state index contributed by atoms with van der Waals surface area (Å²) in [7, 11) is 0. The van der Waals surface area contributed by atoms with Gasteiger partial charge in [0.2, 0.25) is 5.91 Å². The molecule has 0 spiro atoms. The molecule has 0 aromatic heterocycles. The number of amides is 3. The smallest absolute Gasteiger partial charge is 0.258 e. The maximum atomic E-state index is 13.6. The molecule has 38 heavy (non-hydrogen) atoms. The number of aliphatic hydroxyl groups excluding tert-OH is 1. The lowest BCUT2D eigenvalue weighted by molar-refractivity contribution is -0.147. The van der Waals surface area contributed by atoms with Gasteiger partial charge < -0.3 is 25.4 Å². The van der Waals surface area contributed by atoms with Crippen molar-refractivity contribution in [2.45, 2.75) is 57.1 Å². The largest absolute Gasteiger partial charge is 0.483 e. The molecule has 0 unspecified atom stereocenters. The van der Waals surface area contributed by atoms with Crippen LogP contribution in [0.1, 0.15) is 30.5 Å². The van der Waals surface area contributed by atoms with Crippen LogP contribution in [-0.4, -0.2) is 69.7 Å². The molecule has 1 aliphatic heterocycles. The second kappa shape index (κ2) is 12.9. The fraction of sp³-hybridized carbons (Fsp3) is 0.414. The van der Waals surface area contributed by atoms with Crippen molar-refractivity contribution < 1.29 is 24.2 Å². The molecule has 0 radical (unpaired) electrons. The monoisotopic (exact) mass is 537 g/mol. The van der Waals surface area contributed by atoms with Gasteiger partial charge in [0.15, 0.2) is 12.7 Å². The van der Waals surface area contributed by atoms with E-state index >= 15 is 0 Å². The lowest BCUT2D eigenvalue weighted by Gasteiger charge is -2.33. The van der Waals surface area contributed by atoms with Crippen molar-refractivity contribution in [1.29, 1.82) is 0 Å². The topological polar surface area (TPSA) is 108 Å². The summed E-state index contributed by atoms with van der Waals surface area (Å²) in [6.07, 6.45) is 3.91. The van der Waals surface area contributed by atoms with Crippen LogP contribution in [0.4, 0.5) is 0 Å². The van der Waals surface area contributed by atoms with Gasteiger partial charge in [-0.05, 0) is 50.8 Å². The summed E-state index contributed by atoms with van der Waals surface area (Å²) in [4.78, 5) is 40.7. The molecule has 3 rings (SSSR count). The third kappa shape index (κ3) is 7.09. The van der Waals surface area contributed by atoms with Crippen LogP contribution in [0.25, 0.3) is 0 Å². The Morgan fingerprint density at radius 2 is 1.82 bits per heavy atom. The zero-order valence-electron chi connectivity index (χ0n) is 22.2. The zero-order chi connectivity index (χ0) is 27.9. The molecule has 0 aliphatic carbocycles. The molecule has 0 bridgehead atoms. The van der Waals surface area contributed by atoms with E-state index in [2.05, 4.69) is 16.6 Å². The van der Waals surface area contributed by atoms with Crippen LogP contribution >= 0.6 is 11.8 Å². The number of thioether (sulfide) groups is 1. The van der Waals surface area contributed by atoms with Gasteiger partial charge in [0.25, 0.3) is 11.8 Å². The number of hydrogen-bond donors (Lipinski definition) is 3. The number of aryl methyl sites for hydroxylation is 2. The van der Waals surface area contributed by atoms with E-state index in [1.807, 2.05) is 76.2 Å². The molecular formula is C29H35N3O5S. The van der Waals surface area contributed by atoms with E-state index in [-0.39, 0.29) is 31.4 Å². The van der Waals surface area contributed by atoms with Gasteiger partial charge in [-0.3, -0.25) is 14.4 Å². The van der Waals surface area contributed by atoms with Crippen molar-refractivity contribution in [2.24, 2.45) is 0 Å². The Hall–Kier alpha value is -3.48. The molecule has 3 N–H and O–H groups in total. The Balaban J connectivity index is 1.78. The molecule has 8 nitrogen and oxygen atoms in total. The minimum Gasteiger partial charge on any atom is -0.483 e. The van der Waals surface area contributed by atoms with Crippen molar-refractivity contribution >= 4 is 29.5 Å². The molecule has 2 aromatic carbocycles. The first kappa shape index (κ1) is 29.1. The summed E-state index contributed by atoms with van der Waals surface area (Å²) in [6, 6.07) is 13.2. The third-order valence-corrected chi connectivity index (χ3v) is 7.85. The Labute approximate surface area is 228 Å². The van der Waals surface area contributed by atoms with E-state index < -0.39 is 34.7 Å². The Morgan fingerprint density at radius 1 is 1.16 bits per heavy atom. The van der Waals surface area contributed by atoms with Gasteiger partial charge in [-0.2, -0.15) is 0 Å². The van der Waals surface area contributed by atoms with Crippen LogP contribution in [-0.2, 0) is 20.8 Å². The average molecular weight is 538 g/mol. The first-order valence-corrected chi connectivity index (χ1v) is 13.4. The zero-order valence-corrected chi connectivity index (χ0v) is 23.0. The number of benzene rings is 2. The molecule has 9 heteroatoms. The highest BCUT2D eigenvalue weighted by Gasteiger charge is 2.49. The molecule has 1 saturated heterocycles. The van der Waals surface area contributed by atoms with Crippen LogP contribution in [0, 0.1) is 26.2 Å². The van der Waals surface area contributed by atoms with Gasteiger partial charge in [0.1, 0.15) is 11.8 Å². The number of hydrogen-bond acceptors (Lipinski definition) is 6. The number of carbonyl (C=O) groups excluding carboxylic acids is 3. The van der Waals surface area contributed by atoms with Crippen LogP contribution in [0.5, 0.6) is 5.75 Å². The van der Waals surface area contributed by atoms with Gasteiger partial charge in [-0.25, -0.2) is 0 Å². The molecule has 1 fully saturated rings. The summed E-state index contributed by atoms with van der Waals surface area (Å²) in [5.41, 5.74) is 2.63. The highest BCUT2D eigenvalue weighted by molar-refractivity contribution is 8.00. The van der Waals surface area contributed by atoms with Crippen molar-refractivity contribution in [3.8, 4) is 18.1 Å². The van der Waals surface area contributed by atoms with E-state index in [0.29, 0.717) is 5.75 Å². The van der Waals surface area contributed by atoms with Crippen LogP contribution in [0.2, 0.25) is 0 Å². The summed E-state index contributed by atoms with van der Waals surface area (Å²) >= 11 is 1.44. The highest BCUT2D eigenvalue weighted by atomic mass is 32.2.